The van der Waals surface area contributed by atoms with Crippen molar-refractivity contribution in [3.8, 4) is 0 Å². The highest BCUT2D eigenvalue weighted by atomic mass is 14.9. The summed E-state index contributed by atoms with van der Waals surface area (Å²) >= 11 is 0. The SMILES string of the molecule is N=CN=C(N=Cc1ccccc1)c1ccccc1. The maximum Gasteiger partial charge on any atom is 0.160 e. The average molecular weight is 235 g/mol. The second-order valence-electron chi connectivity index (χ2n) is 3.62. The number of rotatable bonds is 3. The van der Waals surface area contributed by atoms with Gasteiger partial charge in [-0.25, -0.2) is 9.98 Å². The standard InChI is InChI=1S/C15H13N3/c16-12-18-15(14-9-5-2-6-10-14)17-11-13-7-3-1-4-8-13/h1-12,16H. The Morgan fingerprint density at radius 2 is 1.50 bits per heavy atom. The number of aliphatic imine (C=N–C) groups is 2. The van der Waals surface area contributed by atoms with Gasteiger partial charge in [0.05, 0.1) is 0 Å². The Morgan fingerprint density at radius 3 is 2.11 bits per heavy atom. The molecule has 0 radical (unpaired) electrons. The van der Waals surface area contributed by atoms with Crippen LogP contribution in [0.15, 0.2) is 70.6 Å². The van der Waals surface area contributed by atoms with Crippen molar-refractivity contribution in [2.24, 2.45) is 9.98 Å². The summed E-state index contributed by atoms with van der Waals surface area (Å²) in [4.78, 5) is 8.30. The molecule has 0 saturated heterocycles. The Morgan fingerprint density at radius 1 is 0.889 bits per heavy atom. The molecule has 0 fully saturated rings. The number of hydrogen-bond acceptors (Lipinski definition) is 1. The van der Waals surface area contributed by atoms with Crippen LogP contribution in [0.4, 0.5) is 0 Å². The normalized spacial score (nSPS) is 11.7. The maximum atomic E-state index is 7.08. The first kappa shape index (κ1) is 11.9. The number of amidine groups is 1. The van der Waals surface area contributed by atoms with Crippen LogP contribution >= 0.6 is 0 Å². The van der Waals surface area contributed by atoms with E-state index in [1.165, 1.54) is 0 Å². The van der Waals surface area contributed by atoms with Crippen molar-refractivity contribution in [2.45, 2.75) is 0 Å². The third-order valence-electron chi connectivity index (χ3n) is 2.35. The monoisotopic (exact) mass is 235 g/mol. The molecule has 3 nitrogen and oxygen atoms in total. The summed E-state index contributed by atoms with van der Waals surface area (Å²) < 4.78 is 0. The van der Waals surface area contributed by atoms with Crippen LogP contribution in [0.3, 0.4) is 0 Å². The van der Waals surface area contributed by atoms with Crippen LogP contribution < -0.4 is 0 Å². The van der Waals surface area contributed by atoms with Crippen molar-refractivity contribution in [2.75, 3.05) is 0 Å². The van der Waals surface area contributed by atoms with Gasteiger partial charge >= 0.3 is 0 Å². The molecule has 0 heterocycles. The lowest BCUT2D eigenvalue weighted by Crippen LogP contribution is -1.98. The molecule has 2 aromatic rings. The lowest BCUT2D eigenvalue weighted by Gasteiger charge is -1.99. The molecule has 0 atom stereocenters. The fourth-order valence-electron chi connectivity index (χ4n) is 1.51. The Bertz CT molecular complexity index is 557. The van der Waals surface area contributed by atoms with Gasteiger partial charge in [0.15, 0.2) is 5.84 Å². The van der Waals surface area contributed by atoms with Crippen LogP contribution in [0.2, 0.25) is 0 Å². The minimum absolute atomic E-state index is 0.537. The molecule has 3 heteroatoms. The first-order valence-corrected chi connectivity index (χ1v) is 5.61. The van der Waals surface area contributed by atoms with Crippen LogP contribution in [-0.2, 0) is 0 Å². The molecule has 0 unspecified atom stereocenters. The Hall–Kier alpha value is -2.55. The molecule has 18 heavy (non-hydrogen) atoms. The Balaban J connectivity index is 2.26. The Labute approximate surface area is 106 Å². The van der Waals surface area contributed by atoms with Crippen LogP contribution in [0.1, 0.15) is 11.1 Å². The predicted molar refractivity (Wildman–Crippen MR) is 75.8 cm³/mol. The molecule has 0 aliphatic carbocycles. The first-order chi connectivity index (χ1) is 8.90. The van der Waals surface area contributed by atoms with E-state index in [-0.39, 0.29) is 0 Å². The second-order valence-corrected chi connectivity index (χ2v) is 3.62. The molecule has 1 N–H and O–H groups in total. The highest BCUT2D eigenvalue weighted by molar-refractivity contribution is 6.07. The number of nitrogens with one attached hydrogen (secondary N) is 1. The molecule has 0 spiro atoms. The summed E-state index contributed by atoms with van der Waals surface area (Å²) in [7, 11) is 0. The topological polar surface area (TPSA) is 48.6 Å². The van der Waals surface area contributed by atoms with Crippen molar-refractivity contribution in [3.05, 3.63) is 71.8 Å². The van der Waals surface area contributed by atoms with E-state index in [9.17, 15) is 0 Å². The fraction of sp³-hybridized carbons (Fsp3) is 0. The molecule has 0 amide bonds. The van der Waals surface area contributed by atoms with Gasteiger partial charge in [-0.1, -0.05) is 60.7 Å². The van der Waals surface area contributed by atoms with E-state index in [0.717, 1.165) is 17.5 Å². The smallest absolute Gasteiger partial charge is 0.160 e. The molecule has 2 rings (SSSR count). The van der Waals surface area contributed by atoms with Gasteiger partial charge in [-0.3, -0.25) is 5.41 Å². The van der Waals surface area contributed by atoms with E-state index in [1.807, 2.05) is 60.7 Å². The van der Waals surface area contributed by atoms with E-state index < -0.39 is 0 Å². The van der Waals surface area contributed by atoms with Crippen molar-refractivity contribution in [1.29, 1.82) is 5.41 Å². The van der Waals surface area contributed by atoms with Crippen molar-refractivity contribution in [1.82, 2.24) is 0 Å². The van der Waals surface area contributed by atoms with Gasteiger partial charge in [0.2, 0.25) is 0 Å². The van der Waals surface area contributed by atoms with Crippen LogP contribution in [0, 0.1) is 5.41 Å². The zero-order chi connectivity index (χ0) is 12.6. The summed E-state index contributed by atoms with van der Waals surface area (Å²) in [6.07, 6.45) is 2.75. The Kier molecular flexibility index (Phi) is 4.14. The molecule has 2 aromatic carbocycles. The lowest BCUT2D eigenvalue weighted by atomic mass is 10.2. The van der Waals surface area contributed by atoms with Gasteiger partial charge in [-0.15, -0.1) is 0 Å². The molecule has 88 valence electrons. The van der Waals surface area contributed by atoms with E-state index in [2.05, 4.69) is 9.98 Å². The van der Waals surface area contributed by atoms with Gasteiger partial charge in [-0.05, 0) is 5.56 Å². The zero-order valence-corrected chi connectivity index (χ0v) is 9.82. The van der Waals surface area contributed by atoms with Crippen molar-refractivity contribution >= 4 is 18.4 Å². The highest BCUT2D eigenvalue weighted by Crippen LogP contribution is 2.03. The number of benzene rings is 2. The van der Waals surface area contributed by atoms with Crippen LogP contribution in [0.25, 0.3) is 0 Å². The largest absolute Gasteiger partial charge is 0.289 e. The van der Waals surface area contributed by atoms with Gasteiger partial charge in [-0.2, -0.15) is 0 Å². The van der Waals surface area contributed by atoms with Crippen LogP contribution in [-0.4, -0.2) is 18.4 Å². The van der Waals surface area contributed by atoms with Gasteiger partial charge < -0.3 is 0 Å². The number of nitrogens with zero attached hydrogens (tertiary/aromatic N) is 2. The van der Waals surface area contributed by atoms with Gasteiger partial charge in [0.25, 0.3) is 0 Å². The lowest BCUT2D eigenvalue weighted by molar-refractivity contribution is 1.47. The van der Waals surface area contributed by atoms with E-state index in [1.54, 1.807) is 6.21 Å². The molecular weight excluding hydrogens is 222 g/mol. The minimum atomic E-state index is 0.537. The molecule has 0 aliphatic rings. The molecule has 0 bridgehead atoms. The summed E-state index contributed by atoms with van der Waals surface area (Å²) in [5, 5.41) is 7.08. The average Bonchev–Trinajstić information content (AvgIpc) is 2.45. The summed E-state index contributed by atoms with van der Waals surface area (Å²) in [5.74, 6) is 0.537. The molecule has 0 aliphatic heterocycles. The molecule has 0 aromatic heterocycles. The summed E-state index contributed by atoms with van der Waals surface area (Å²) in [6, 6.07) is 19.4. The summed E-state index contributed by atoms with van der Waals surface area (Å²) in [6.45, 7) is 0. The second kappa shape index (κ2) is 6.25. The quantitative estimate of drug-likeness (QED) is 0.627. The van der Waals surface area contributed by atoms with E-state index in [0.29, 0.717) is 5.84 Å². The maximum absolute atomic E-state index is 7.08. The van der Waals surface area contributed by atoms with Crippen molar-refractivity contribution < 1.29 is 0 Å². The number of hydrogen-bond donors (Lipinski definition) is 1. The third kappa shape index (κ3) is 3.22. The van der Waals surface area contributed by atoms with Gasteiger partial charge in [0.1, 0.15) is 6.34 Å². The minimum Gasteiger partial charge on any atom is -0.289 e. The zero-order valence-electron chi connectivity index (χ0n) is 9.82. The first-order valence-electron chi connectivity index (χ1n) is 5.61. The van der Waals surface area contributed by atoms with E-state index >= 15 is 0 Å². The third-order valence-corrected chi connectivity index (χ3v) is 2.35. The van der Waals surface area contributed by atoms with E-state index in [4.69, 9.17) is 5.41 Å². The fourth-order valence-corrected chi connectivity index (χ4v) is 1.51. The van der Waals surface area contributed by atoms with Gasteiger partial charge in [0, 0.05) is 11.8 Å². The molecular formula is C15H13N3. The molecule has 0 saturated carbocycles. The summed E-state index contributed by atoms with van der Waals surface area (Å²) in [5.41, 5.74) is 1.90. The highest BCUT2D eigenvalue weighted by Gasteiger charge is 1.98. The van der Waals surface area contributed by atoms with Crippen molar-refractivity contribution in [3.63, 3.8) is 0 Å². The predicted octanol–water partition coefficient (Wildman–Crippen LogP) is 3.16. The van der Waals surface area contributed by atoms with Crippen LogP contribution in [0.5, 0.6) is 0 Å².